The highest BCUT2D eigenvalue weighted by Crippen LogP contribution is 2.39. The van der Waals surface area contributed by atoms with Crippen molar-refractivity contribution in [3.05, 3.63) is 121 Å². The van der Waals surface area contributed by atoms with Crippen molar-refractivity contribution in [2.75, 3.05) is 20.3 Å². The molecule has 5 rings (SSSR count). The van der Waals surface area contributed by atoms with E-state index in [-0.39, 0.29) is 28.0 Å². The molecule has 1 heterocycles. The van der Waals surface area contributed by atoms with Crippen LogP contribution < -0.4 is 26.1 Å². The first kappa shape index (κ1) is 35.0. The predicted molar refractivity (Wildman–Crippen MR) is 198 cm³/mol. The molecule has 1 aliphatic heterocycles. The summed E-state index contributed by atoms with van der Waals surface area (Å²) >= 11 is 0. The number of hydrogen-bond donors (Lipinski definition) is 1. The maximum Gasteiger partial charge on any atom is 0.323 e. The van der Waals surface area contributed by atoms with Gasteiger partial charge in [-0.25, -0.2) is 0 Å². The Morgan fingerprint density at radius 3 is 1.28 bits per heavy atom. The van der Waals surface area contributed by atoms with E-state index in [1.807, 2.05) is 0 Å². The van der Waals surface area contributed by atoms with E-state index < -0.39 is 22.7 Å². The Morgan fingerprint density at radius 1 is 0.617 bits per heavy atom. The summed E-state index contributed by atoms with van der Waals surface area (Å²) < 4.78 is 20.0. The van der Waals surface area contributed by atoms with Crippen LogP contribution in [0.5, 0.6) is 0 Å². The van der Waals surface area contributed by atoms with Crippen molar-refractivity contribution >= 4 is 43.4 Å². The van der Waals surface area contributed by atoms with Gasteiger partial charge in [0.1, 0.15) is 6.04 Å². The van der Waals surface area contributed by atoms with Gasteiger partial charge in [-0.05, 0) is 37.2 Å². The van der Waals surface area contributed by atoms with Gasteiger partial charge in [-0.1, -0.05) is 163 Å². The lowest BCUT2D eigenvalue weighted by Gasteiger charge is -2.44. The molecule has 4 aromatic carbocycles. The number of benzene rings is 4. The summed E-state index contributed by atoms with van der Waals surface area (Å²) in [5, 5.41) is 8.28. The molecule has 0 radical (unpaired) electrons. The Balaban J connectivity index is 1.46. The highest BCUT2D eigenvalue weighted by Gasteiger charge is 2.53. The second-order valence-corrected chi connectivity index (χ2v) is 23.4. The molecule has 1 aliphatic rings. The fraction of sp³-hybridized carbons (Fsp3) is 0.375. The van der Waals surface area contributed by atoms with Gasteiger partial charge in [0, 0.05) is 18.6 Å². The van der Waals surface area contributed by atoms with Gasteiger partial charge >= 0.3 is 5.97 Å². The van der Waals surface area contributed by atoms with Gasteiger partial charge in [0.25, 0.3) is 16.6 Å². The Labute approximate surface area is 283 Å². The molecular weight excluding hydrogens is 615 g/mol. The van der Waals surface area contributed by atoms with Crippen molar-refractivity contribution in [3.8, 4) is 0 Å². The van der Waals surface area contributed by atoms with Crippen LogP contribution in [-0.2, 0) is 18.4 Å². The third-order valence-corrected chi connectivity index (χ3v) is 19.8. The van der Waals surface area contributed by atoms with Crippen molar-refractivity contribution in [2.24, 2.45) is 5.92 Å². The molecule has 0 unspecified atom stereocenters. The standard InChI is InChI=1S/C40H51NO4Si2/c1-39(2,3)46(33-20-12-8-13-21-33,34-22-14-9-15-23-34)44-29-31-28-32(41-37(31)38(42)43-7)30-45-47(40(4,5)6,35-24-16-10-17-25-35)36-26-18-11-19-27-36/h8-27,31-32,37,41H,28-30H2,1-7H3/t31-,32+,37+/m0/s1. The third-order valence-electron chi connectivity index (χ3n) is 9.78. The Kier molecular flexibility index (Phi) is 10.7. The lowest BCUT2D eigenvalue weighted by Crippen LogP contribution is -2.67. The summed E-state index contributed by atoms with van der Waals surface area (Å²) in [5.41, 5.74) is 0. The monoisotopic (exact) mass is 665 g/mol. The second kappa shape index (κ2) is 14.4. The SMILES string of the molecule is COC(=O)[C@@H]1N[C@@H](CO[Si](c2ccccc2)(c2ccccc2)C(C)(C)C)C[C@H]1CO[Si](c1ccccc1)(c1ccccc1)C(C)(C)C. The maximum atomic E-state index is 13.3. The zero-order valence-electron chi connectivity index (χ0n) is 29.0. The molecule has 0 saturated carbocycles. The van der Waals surface area contributed by atoms with E-state index in [0.29, 0.717) is 13.2 Å². The fourth-order valence-corrected chi connectivity index (χ4v) is 16.8. The number of methoxy groups -OCH3 is 1. The highest BCUT2D eigenvalue weighted by atomic mass is 28.4. The Bertz CT molecular complexity index is 1490. The van der Waals surface area contributed by atoms with Crippen LogP contribution in [0.2, 0.25) is 10.1 Å². The van der Waals surface area contributed by atoms with Crippen LogP contribution in [0.15, 0.2) is 121 Å². The van der Waals surface area contributed by atoms with E-state index in [1.165, 1.54) is 27.9 Å². The minimum absolute atomic E-state index is 0.0338. The van der Waals surface area contributed by atoms with Crippen LogP contribution in [0.25, 0.3) is 0 Å². The summed E-state index contributed by atoms with van der Waals surface area (Å²) in [7, 11) is -4.05. The van der Waals surface area contributed by atoms with E-state index in [2.05, 4.69) is 168 Å². The summed E-state index contributed by atoms with van der Waals surface area (Å²) in [5.74, 6) is -0.328. The normalized spacial score (nSPS) is 19.0. The number of carbonyl (C=O) groups is 1. The van der Waals surface area contributed by atoms with Gasteiger partial charge in [0.2, 0.25) is 0 Å². The minimum Gasteiger partial charge on any atom is -0.468 e. The number of hydrogen-bond acceptors (Lipinski definition) is 5. The third kappa shape index (κ3) is 6.96. The molecule has 0 aliphatic carbocycles. The smallest absolute Gasteiger partial charge is 0.323 e. The number of nitrogens with one attached hydrogen (secondary N) is 1. The van der Waals surface area contributed by atoms with Crippen LogP contribution in [0.4, 0.5) is 0 Å². The Morgan fingerprint density at radius 2 is 0.957 bits per heavy atom. The van der Waals surface area contributed by atoms with Gasteiger partial charge in [-0.2, -0.15) is 0 Å². The average Bonchev–Trinajstić information content (AvgIpc) is 3.49. The first-order valence-electron chi connectivity index (χ1n) is 16.8. The molecule has 1 fully saturated rings. The number of rotatable bonds is 11. The summed E-state index contributed by atoms with van der Waals surface area (Å²) in [6.45, 7) is 14.6. The van der Waals surface area contributed by atoms with E-state index >= 15 is 0 Å². The average molecular weight is 666 g/mol. The van der Waals surface area contributed by atoms with Crippen molar-refractivity contribution in [3.63, 3.8) is 0 Å². The lowest BCUT2D eigenvalue weighted by atomic mass is 10.0. The number of carbonyl (C=O) groups excluding carboxylic acids is 1. The zero-order valence-corrected chi connectivity index (χ0v) is 31.0. The summed E-state index contributed by atoms with van der Waals surface area (Å²) in [6.07, 6.45) is 0.746. The van der Waals surface area contributed by atoms with E-state index in [1.54, 1.807) is 0 Å². The molecule has 0 aromatic heterocycles. The van der Waals surface area contributed by atoms with E-state index in [9.17, 15) is 4.79 Å². The summed E-state index contributed by atoms with van der Waals surface area (Å²) in [4.78, 5) is 13.3. The van der Waals surface area contributed by atoms with Crippen LogP contribution in [0.1, 0.15) is 48.0 Å². The van der Waals surface area contributed by atoms with Gasteiger partial charge in [-0.3, -0.25) is 10.1 Å². The predicted octanol–water partition coefficient (Wildman–Crippen LogP) is 5.66. The van der Waals surface area contributed by atoms with Gasteiger partial charge in [0.15, 0.2) is 0 Å². The molecule has 1 N–H and O–H groups in total. The first-order valence-corrected chi connectivity index (χ1v) is 20.6. The van der Waals surface area contributed by atoms with Crippen molar-refractivity contribution < 1.29 is 18.4 Å². The molecule has 0 amide bonds. The van der Waals surface area contributed by atoms with Crippen LogP contribution in [0, 0.1) is 5.92 Å². The van der Waals surface area contributed by atoms with Gasteiger partial charge in [-0.15, -0.1) is 0 Å². The van der Waals surface area contributed by atoms with E-state index in [0.717, 1.165) is 6.42 Å². The molecule has 0 bridgehead atoms. The van der Waals surface area contributed by atoms with Gasteiger partial charge in [0.05, 0.1) is 13.7 Å². The number of ether oxygens (including phenoxy) is 1. The maximum absolute atomic E-state index is 13.3. The lowest BCUT2D eigenvalue weighted by molar-refractivity contribution is -0.144. The molecular formula is C40H51NO4Si2. The largest absolute Gasteiger partial charge is 0.468 e. The minimum atomic E-state index is -2.78. The molecule has 5 nitrogen and oxygen atoms in total. The van der Waals surface area contributed by atoms with E-state index in [4.69, 9.17) is 13.6 Å². The van der Waals surface area contributed by atoms with Crippen molar-refractivity contribution in [1.82, 2.24) is 5.32 Å². The van der Waals surface area contributed by atoms with Crippen molar-refractivity contribution in [1.29, 1.82) is 0 Å². The molecule has 248 valence electrons. The molecule has 1 saturated heterocycles. The molecule has 4 aromatic rings. The van der Waals surface area contributed by atoms with Crippen LogP contribution in [0.3, 0.4) is 0 Å². The second-order valence-electron chi connectivity index (χ2n) is 14.8. The topological polar surface area (TPSA) is 56.8 Å². The summed E-state index contributed by atoms with van der Waals surface area (Å²) in [6, 6.07) is 42.2. The zero-order chi connectivity index (χ0) is 33.7. The van der Waals surface area contributed by atoms with Crippen molar-refractivity contribution in [2.45, 2.75) is 70.1 Å². The first-order chi connectivity index (χ1) is 22.4. The molecule has 47 heavy (non-hydrogen) atoms. The molecule has 3 atom stereocenters. The fourth-order valence-electron chi connectivity index (χ4n) is 7.61. The quantitative estimate of drug-likeness (QED) is 0.166. The molecule has 0 spiro atoms. The van der Waals surface area contributed by atoms with Crippen LogP contribution >= 0.6 is 0 Å². The van der Waals surface area contributed by atoms with Crippen LogP contribution in [-0.4, -0.2) is 55.0 Å². The van der Waals surface area contributed by atoms with Gasteiger partial charge < -0.3 is 13.6 Å². The highest BCUT2D eigenvalue weighted by molar-refractivity contribution is 7.00. The molecule has 7 heteroatoms. The number of esters is 1. The Hall–Kier alpha value is -3.34.